The smallest absolute Gasteiger partial charge is 0.315 e. The molecule has 6 rings (SSSR count). The standard InChI is InChI=1S/C36H35N7O8/c37-32-29(19-25(41-42-32)23-5-1-2-7-27(23)44)51-18-15-21-9-11-22(12-10-21)20-39-36(49)38-16-4-17-50-28-8-3-6-24-31(28)35(48)43(34(24)47)26-13-14-30(45)40-33(26)46/h1-3,5-12,19,26,44H,4,13-18,20H2,(H2,37,42)(H2,38,39,49)(H,40,45,46). The predicted octanol–water partition coefficient (Wildman–Crippen LogP) is 2.72. The largest absolute Gasteiger partial charge is 0.507 e. The summed E-state index contributed by atoms with van der Waals surface area (Å²) in [7, 11) is 0. The third-order valence-corrected chi connectivity index (χ3v) is 8.38. The van der Waals surface area contributed by atoms with Crippen LogP contribution in [0.3, 0.4) is 0 Å². The summed E-state index contributed by atoms with van der Waals surface area (Å²) in [6.45, 7) is 1.09. The molecule has 15 nitrogen and oxygen atoms in total. The highest BCUT2D eigenvalue weighted by molar-refractivity contribution is 6.24. The van der Waals surface area contributed by atoms with E-state index in [4.69, 9.17) is 15.2 Å². The Morgan fingerprint density at radius 2 is 1.63 bits per heavy atom. The van der Waals surface area contributed by atoms with Crippen LogP contribution in [0, 0.1) is 0 Å². The van der Waals surface area contributed by atoms with Crippen LogP contribution in [0.1, 0.15) is 51.1 Å². The number of carbonyl (C=O) groups is 5. The van der Waals surface area contributed by atoms with E-state index in [0.29, 0.717) is 49.5 Å². The molecular formula is C36H35N7O8. The molecule has 3 heterocycles. The lowest BCUT2D eigenvalue weighted by Crippen LogP contribution is -2.54. The number of amides is 6. The van der Waals surface area contributed by atoms with Crippen LogP contribution in [0.25, 0.3) is 11.3 Å². The highest BCUT2D eigenvalue weighted by Crippen LogP contribution is 2.34. The Bertz CT molecular complexity index is 1980. The zero-order valence-electron chi connectivity index (χ0n) is 27.4. The second-order valence-electron chi connectivity index (χ2n) is 11.8. The highest BCUT2D eigenvalue weighted by atomic mass is 16.5. The number of fused-ring (bicyclic) bond motifs is 1. The van der Waals surface area contributed by atoms with E-state index >= 15 is 0 Å². The lowest BCUT2D eigenvalue weighted by Gasteiger charge is -2.27. The molecule has 2 aliphatic heterocycles. The third kappa shape index (κ3) is 7.88. The topological polar surface area (TPSA) is 215 Å². The fraction of sp³-hybridized carbons (Fsp3) is 0.250. The first-order valence-corrected chi connectivity index (χ1v) is 16.3. The maximum Gasteiger partial charge on any atom is 0.315 e. The zero-order valence-corrected chi connectivity index (χ0v) is 27.4. The first kappa shape index (κ1) is 34.4. The van der Waals surface area contributed by atoms with E-state index < -0.39 is 29.7 Å². The van der Waals surface area contributed by atoms with Crippen LogP contribution in [0.15, 0.2) is 72.8 Å². The van der Waals surface area contributed by atoms with Gasteiger partial charge in [0.25, 0.3) is 11.8 Å². The number of hydrogen-bond acceptors (Lipinski definition) is 11. The van der Waals surface area contributed by atoms with E-state index in [2.05, 4.69) is 26.1 Å². The first-order valence-electron chi connectivity index (χ1n) is 16.3. The van der Waals surface area contributed by atoms with E-state index in [1.807, 2.05) is 24.3 Å². The van der Waals surface area contributed by atoms with Crippen molar-refractivity contribution in [3.63, 3.8) is 0 Å². The molecule has 4 aromatic rings. The number of imide groups is 2. The molecule has 0 saturated carbocycles. The second kappa shape index (κ2) is 15.4. The Hall–Kier alpha value is -6.51. The number of piperidine rings is 1. The number of para-hydroxylation sites is 1. The van der Waals surface area contributed by atoms with E-state index in [0.717, 1.165) is 16.0 Å². The van der Waals surface area contributed by atoms with Crippen molar-refractivity contribution >= 4 is 35.5 Å². The van der Waals surface area contributed by atoms with Gasteiger partial charge in [0.15, 0.2) is 11.6 Å². The molecule has 15 heteroatoms. The fourth-order valence-electron chi connectivity index (χ4n) is 5.73. The van der Waals surface area contributed by atoms with Crippen molar-refractivity contribution < 1.29 is 38.6 Å². The van der Waals surface area contributed by atoms with Gasteiger partial charge in [0.05, 0.1) is 24.3 Å². The normalized spacial score (nSPS) is 15.3. The molecule has 3 aromatic carbocycles. The van der Waals surface area contributed by atoms with Crippen LogP contribution < -0.4 is 31.2 Å². The number of nitrogens with one attached hydrogen (secondary N) is 3. The van der Waals surface area contributed by atoms with Crippen LogP contribution >= 0.6 is 0 Å². The van der Waals surface area contributed by atoms with Gasteiger partial charge in [-0.15, -0.1) is 10.2 Å². The molecule has 1 fully saturated rings. The van der Waals surface area contributed by atoms with Gasteiger partial charge in [0.2, 0.25) is 11.8 Å². The molecule has 0 radical (unpaired) electrons. The molecule has 51 heavy (non-hydrogen) atoms. The molecule has 0 aliphatic carbocycles. The van der Waals surface area contributed by atoms with Crippen molar-refractivity contribution in [1.82, 2.24) is 31.0 Å². The lowest BCUT2D eigenvalue weighted by molar-refractivity contribution is -0.136. The number of nitrogen functional groups attached to an aromatic ring is 1. The summed E-state index contributed by atoms with van der Waals surface area (Å²) in [5.41, 5.74) is 9.04. The number of urea groups is 1. The summed E-state index contributed by atoms with van der Waals surface area (Å²) >= 11 is 0. The van der Waals surface area contributed by atoms with Gasteiger partial charge in [-0.3, -0.25) is 29.4 Å². The van der Waals surface area contributed by atoms with Crippen molar-refractivity contribution in [3.05, 3.63) is 95.1 Å². The van der Waals surface area contributed by atoms with Gasteiger partial charge in [-0.05, 0) is 48.2 Å². The molecule has 262 valence electrons. The first-order chi connectivity index (χ1) is 24.7. The number of aromatic nitrogens is 2. The number of benzene rings is 3. The van der Waals surface area contributed by atoms with Gasteiger partial charge in [0, 0.05) is 37.6 Å². The van der Waals surface area contributed by atoms with Crippen LogP contribution in [0.5, 0.6) is 17.2 Å². The molecule has 0 bridgehead atoms. The zero-order chi connectivity index (χ0) is 35.9. The molecule has 6 N–H and O–H groups in total. The van der Waals surface area contributed by atoms with Gasteiger partial charge in [-0.1, -0.05) is 42.5 Å². The molecule has 1 aromatic heterocycles. The Morgan fingerprint density at radius 3 is 2.41 bits per heavy atom. The number of phenolic OH excluding ortho intramolecular Hbond substituents is 1. The van der Waals surface area contributed by atoms with Crippen molar-refractivity contribution in [2.75, 3.05) is 25.5 Å². The highest BCUT2D eigenvalue weighted by Gasteiger charge is 2.46. The van der Waals surface area contributed by atoms with E-state index in [-0.39, 0.29) is 53.9 Å². The number of nitrogens with two attached hydrogens (primary N) is 1. The summed E-state index contributed by atoms with van der Waals surface area (Å²) in [5.74, 6) is -1.58. The predicted molar refractivity (Wildman–Crippen MR) is 183 cm³/mol. The number of rotatable bonds is 13. The molecule has 1 saturated heterocycles. The van der Waals surface area contributed by atoms with Crippen LogP contribution in [-0.2, 0) is 22.6 Å². The molecule has 1 unspecified atom stereocenters. The molecule has 0 spiro atoms. The van der Waals surface area contributed by atoms with Crippen molar-refractivity contribution in [3.8, 4) is 28.5 Å². The van der Waals surface area contributed by atoms with Crippen LogP contribution in [0.4, 0.5) is 10.6 Å². The minimum absolute atomic E-state index is 0.0323. The number of aromatic hydroxyl groups is 1. The average molecular weight is 694 g/mol. The number of ether oxygens (including phenoxy) is 2. The van der Waals surface area contributed by atoms with Crippen LogP contribution in [0.2, 0.25) is 0 Å². The summed E-state index contributed by atoms with van der Waals surface area (Å²) in [6.07, 6.45) is 1.11. The summed E-state index contributed by atoms with van der Waals surface area (Å²) in [4.78, 5) is 63.3. The number of hydrogen-bond donors (Lipinski definition) is 5. The Kier molecular flexibility index (Phi) is 10.3. The van der Waals surface area contributed by atoms with E-state index in [1.165, 1.54) is 6.07 Å². The second-order valence-corrected chi connectivity index (χ2v) is 11.8. The maximum atomic E-state index is 13.2. The Morgan fingerprint density at radius 1 is 0.882 bits per heavy atom. The number of phenols is 1. The summed E-state index contributed by atoms with van der Waals surface area (Å²) in [5, 5.41) is 25.9. The SMILES string of the molecule is Nc1nnc(-c2ccccc2O)cc1OCCc1ccc(CNC(=O)NCCCOc2cccc3c2C(=O)N(C2CCC(=O)NC2=O)C3=O)cc1. The minimum Gasteiger partial charge on any atom is -0.507 e. The van der Waals surface area contributed by atoms with Crippen LogP contribution in [-0.4, -0.2) is 75.7 Å². The molecule has 1 atom stereocenters. The summed E-state index contributed by atoms with van der Waals surface area (Å²) in [6, 6.07) is 19.4. The molecule has 6 amide bonds. The third-order valence-electron chi connectivity index (χ3n) is 8.38. The van der Waals surface area contributed by atoms with Gasteiger partial charge in [0.1, 0.15) is 23.2 Å². The monoisotopic (exact) mass is 693 g/mol. The summed E-state index contributed by atoms with van der Waals surface area (Å²) < 4.78 is 11.7. The number of carbonyl (C=O) groups excluding carboxylic acids is 5. The van der Waals surface area contributed by atoms with Gasteiger partial charge in [-0.25, -0.2) is 4.79 Å². The fourth-order valence-corrected chi connectivity index (χ4v) is 5.73. The van der Waals surface area contributed by atoms with E-state index in [9.17, 15) is 29.1 Å². The minimum atomic E-state index is -1.06. The molecule has 2 aliphatic rings. The lowest BCUT2D eigenvalue weighted by atomic mass is 10.0. The molecular weight excluding hydrogens is 658 g/mol. The van der Waals surface area contributed by atoms with Crippen molar-refractivity contribution in [1.29, 1.82) is 0 Å². The van der Waals surface area contributed by atoms with Crippen molar-refractivity contribution in [2.45, 2.75) is 38.3 Å². The quantitative estimate of drug-likeness (QED) is 0.101. The number of nitrogens with zero attached hydrogens (tertiary/aromatic N) is 3. The Balaban J connectivity index is 0.903. The Labute approximate surface area is 292 Å². The van der Waals surface area contributed by atoms with Crippen molar-refractivity contribution in [2.24, 2.45) is 0 Å². The number of anilines is 1. The van der Waals surface area contributed by atoms with Gasteiger partial charge in [-0.2, -0.15) is 0 Å². The maximum absolute atomic E-state index is 13.2. The van der Waals surface area contributed by atoms with Gasteiger partial charge < -0.3 is 30.9 Å². The van der Waals surface area contributed by atoms with E-state index in [1.54, 1.807) is 42.5 Å². The van der Waals surface area contributed by atoms with Gasteiger partial charge >= 0.3 is 6.03 Å². The average Bonchev–Trinajstić information content (AvgIpc) is 3.38.